The highest BCUT2D eigenvalue weighted by Crippen LogP contribution is 2.33. The van der Waals surface area contributed by atoms with Crippen LogP contribution >= 0.6 is 0 Å². The Kier molecular flexibility index (Phi) is 5.94. The molecule has 0 aromatic rings. The van der Waals surface area contributed by atoms with Crippen LogP contribution in [0.15, 0.2) is 0 Å². The predicted octanol–water partition coefficient (Wildman–Crippen LogP) is 2.21. The quantitative estimate of drug-likeness (QED) is 0.764. The van der Waals surface area contributed by atoms with E-state index >= 15 is 0 Å². The molecule has 0 aromatic carbocycles. The second kappa shape index (κ2) is 5.99. The Morgan fingerprint density at radius 1 is 0.938 bits per heavy atom. The first-order valence-electron chi connectivity index (χ1n) is 5.97. The van der Waals surface area contributed by atoms with Crippen molar-refractivity contribution in [3.8, 4) is 0 Å². The molecule has 0 aliphatic heterocycles. The summed E-state index contributed by atoms with van der Waals surface area (Å²) in [5, 5.41) is 18.1. The number of aliphatic hydroxyl groups is 2. The number of rotatable bonds is 5. The molecule has 0 spiro atoms. The van der Waals surface area contributed by atoms with Crippen molar-refractivity contribution >= 4 is 0 Å². The van der Waals surface area contributed by atoms with Crippen LogP contribution in [0.3, 0.4) is 0 Å². The Morgan fingerprint density at radius 2 is 1.38 bits per heavy atom. The maximum Gasteiger partial charge on any atom is 0.104 e. The van der Waals surface area contributed by atoms with Crippen molar-refractivity contribution < 1.29 is 14.9 Å². The first-order chi connectivity index (χ1) is 7.10. The second-order valence-corrected chi connectivity index (χ2v) is 6.74. The van der Waals surface area contributed by atoms with Gasteiger partial charge in [-0.1, -0.05) is 41.5 Å². The topological polar surface area (TPSA) is 49.7 Å². The molecule has 1 unspecified atom stereocenters. The monoisotopic (exact) mass is 232 g/mol. The molecule has 1 atom stereocenters. The normalized spacial score (nSPS) is 15.6. The third-order valence-electron chi connectivity index (χ3n) is 2.53. The van der Waals surface area contributed by atoms with Crippen LogP contribution in [0.1, 0.15) is 48.0 Å². The number of hydrogen-bond donors (Lipinski definition) is 2. The van der Waals surface area contributed by atoms with Gasteiger partial charge in [-0.25, -0.2) is 0 Å². The van der Waals surface area contributed by atoms with E-state index in [-0.39, 0.29) is 30.1 Å². The number of ether oxygens (including phenoxy) is 1. The van der Waals surface area contributed by atoms with Crippen LogP contribution in [-0.4, -0.2) is 35.6 Å². The Hall–Kier alpha value is -0.120. The Morgan fingerprint density at radius 3 is 1.62 bits per heavy atom. The van der Waals surface area contributed by atoms with Gasteiger partial charge < -0.3 is 14.9 Å². The van der Waals surface area contributed by atoms with E-state index in [9.17, 15) is 0 Å². The lowest BCUT2D eigenvalue weighted by molar-refractivity contribution is -0.113. The zero-order valence-corrected chi connectivity index (χ0v) is 11.6. The van der Waals surface area contributed by atoms with E-state index in [4.69, 9.17) is 14.9 Å². The van der Waals surface area contributed by atoms with Crippen LogP contribution in [0.5, 0.6) is 0 Å². The lowest BCUT2D eigenvalue weighted by atomic mass is 9.78. The van der Waals surface area contributed by atoms with Crippen LogP contribution in [0.25, 0.3) is 0 Å². The van der Waals surface area contributed by atoms with Gasteiger partial charge in [0.15, 0.2) is 0 Å². The fourth-order valence-corrected chi connectivity index (χ4v) is 1.49. The van der Waals surface area contributed by atoms with Crippen molar-refractivity contribution in [1.29, 1.82) is 0 Å². The highest BCUT2D eigenvalue weighted by atomic mass is 16.5. The summed E-state index contributed by atoms with van der Waals surface area (Å²) in [7, 11) is 0. The Labute approximate surface area is 99.8 Å². The SMILES string of the molecule is CC(C)(C)CC(OC(CO)CO)C(C)(C)C. The molecule has 3 nitrogen and oxygen atoms in total. The largest absolute Gasteiger partial charge is 0.394 e. The van der Waals surface area contributed by atoms with Gasteiger partial charge in [-0.3, -0.25) is 0 Å². The summed E-state index contributed by atoms with van der Waals surface area (Å²) in [5.74, 6) is 0. The van der Waals surface area contributed by atoms with E-state index in [0.717, 1.165) is 6.42 Å². The zero-order valence-electron chi connectivity index (χ0n) is 11.6. The molecule has 0 heterocycles. The highest BCUT2D eigenvalue weighted by molar-refractivity contribution is 4.80. The molecular formula is C13H28O3. The van der Waals surface area contributed by atoms with Crippen LogP contribution < -0.4 is 0 Å². The van der Waals surface area contributed by atoms with E-state index in [1.807, 2.05) is 0 Å². The van der Waals surface area contributed by atoms with Crippen LogP contribution in [0.2, 0.25) is 0 Å². The van der Waals surface area contributed by atoms with Crippen LogP contribution in [0, 0.1) is 10.8 Å². The minimum Gasteiger partial charge on any atom is -0.394 e. The molecule has 16 heavy (non-hydrogen) atoms. The third kappa shape index (κ3) is 6.46. The molecule has 98 valence electrons. The van der Waals surface area contributed by atoms with Crippen molar-refractivity contribution in [2.24, 2.45) is 10.8 Å². The van der Waals surface area contributed by atoms with Crippen LogP contribution in [-0.2, 0) is 4.74 Å². The summed E-state index contributed by atoms with van der Waals surface area (Å²) >= 11 is 0. The molecule has 0 radical (unpaired) electrons. The molecule has 0 aliphatic rings. The maximum atomic E-state index is 9.05. The zero-order chi connectivity index (χ0) is 13.0. The molecule has 0 saturated heterocycles. The predicted molar refractivity (Wildman–Crippen MR) is 66.4 cm³/mol. The molecule has 0 aliphatic carbocycles. The van der Waals surface area contributed by atoms with Gasteiger partial charge >= 0.3 is 0 Å². The summed E-state index contributed by atoms with van der Waals surface area (Å²) in [6.45, 7) is 12.6. The van der Waals surface area contributed by atoms with Crippen molar-refractivity contribution in [1.82, 2.24) is 0 Å². The molecule has 0 amide bonds. The summed E-state index contributed by atoms with van der Waals surface area (Å²) in [6, 6.07) is 0. The van der Waals surface area contributed by atoms with E-state index in [2.05, 4.69) is 41.5 Å². The minimum atomic E-state index is -0.466. The highest BCUT2D eigenvalue weighted by Gasteiger charge is 2.31. The van der Waals surface area contributed by atoms with Gasteiger partial charge in [0.25, 0.3) is 0 Å². The molecule has 0 fully saturated rings. The Bertz CT molecular complexity index is 184. The van der Waals surface area contributed by atoms with E-state index in [1.54, 1.807) is 0 Å². The molecular weight excluding hydrogens is 204 g/mol. The van der Waals surface area contributed by atoms with Crippen molar-refractivity contribution in [3.05, 3.63) is 0 Å². The first kappa shape index (κ1) is 15.9. The standard InChI is InChI=1S/C13H28O3/c1-12(2,3)7-11(13(4,5)6)16-10(8-14)9-15/h10-11,14-15H,7-9H2,1-6H3. The molecule has 0 saturated carbocycles. The number of aliphatic hydroxyl groups excluding tert-OH is 2. The fraction of sp³-hybridized carbons (Fsp3) is 1.00. The molecule has 0 bridgehead atoms. The van der Waals surface area contributed by atoms with E-state index < -0.39 is 6.10 Å². The van der Waals surface area contributed by atoms with Gasteiger partial charge in [0.2, 0.25) is 0 Å². The minimum absolute atomic E-state index is 0.00979. The molecule has 0 aromatic heterocycles. The van der Waals surface area contributed by atoms with Gasteiger partial charge in [0, 0.05) is 0 Å². The third-order valence-corrected chi connectivity index (χ3v) is 2.53. The van der Waals surface area contributed by atoms with Gasteiger partial charge in [0.1, 0.15) is 6.10 Å². The fourth-order valence-electron chi connectivity index (χ4n) is 1.49. The second-order valence-electron chi connectivity index (χ2n) is 6.74. The Balaban J connectivity index is 4.57. The average Bonchev–Trinajstić information content (AvgIpc) is 2.08. The average molecular weight is 232 g/mol. The summed E-state index contributed by atoms with van der Waals surface area (Å²) in [4.78, 5) is 0. The molecule has 3 heteroatoms. The lowest BCUT2D eigenvalue weighted by Gasteiger charge is -2.37. The van der Waals surface area contributed by atoms with Crippen molar-refractivity contribution in [3.63, 3.8) is 0 Å². The summed E-state index contributed by atoms with van der Waals surface area (Å²) in [5.41, 5.74) is 0.184. The lowest BCUT2D eigenvalue weighted by Crippen LogP contribution is -2.38. The van der Waals surface area contributed by atoms with Gasteiger partial charge in [0.05, 0.1) is 19.3 Å². The van der Waals surface area contributed by atoms with E-state index in [0.29, 0.717) is 0 Å². The molecule has 2 N–H and O–H groups in total. The van der Waals surface area contributed by atoms with Gasteiger partial charge in [-0.15, -0.1) is 0 Å². The maximum absolute atomic E-state index is 9.05. The summed E-state index contributed by atoms with van der Waals surface area (Å²) < 4.78 is 5.79. The first-order valence-corrected chi connectivity index (χ1v) is 5.97. The smallest absolute Gasteiger partial charge is 0.104 e. The van der Waals surface area contributed by atoms with Gasteiger partial charge in [-0.05, 0) is 17.3 Å². The van der Waals surface area contributed by atoms with Crippen LogP contribution in [0.4, 0.5) is 0 Å². The van der Waals surface area contributed by atoms with Gasteiger partial charge in [-0.2, -0.15) is 0 Å². The molecule has 0 rings (SSSR count). The number of hydrogen-bond acceptors (Lipinski definition) is 3. The van der Waals surface area contributed by atoms with Crippen molar-refractivity contribution in [2.45, 2.75) is 60.2 Å². The van der Waals surface area contributed by atoms with E-state index in [1.165, 1.54) is 0 Å². The summed E-state index contributed by atoms with van der Waals surface area (Å²) in [6.07, 6.45) is 0.482. The van der Waals surface area contributed by atoms with Crippen molar-refractivity contribution in [2.75, 3.05) is 13.2 Å².